The number of thioether (sulfide) groups is 1. The number of ether oxygens (including phenoxy) is 2. The van der Waals surface area contributed by atoms with Crippen molar-refractivity contribution in [2.45, 2.75) is 30.4 Å². The van der Waals surface area contributed by atoms with E-state index in [1.54, 1.807) is 18.9 Å². The van der Waals surface area contributed by atoms with Crippen LogP contribution in [0.3, 0.4) is 0 Å². The second-order valence-corrected chi connectivity index (χ2v) is 7.03. The highest BCUT2D eigenvalue weighted by Crippen LogP contribution is 2.26. The number of hydrogen-bond donors (Lipinski definition) is 1. The molecule has 2 aromatic rings. The zero-order chi connectivity index (χ0) is 17.5. The first kappa shape index (κ1) is 17.8. The van der Waals surface area contributed by atoms with Gasteiger partial charge in [0.05, 0.1) is 18.8 Å². The van der Waals surface area contributed by atoms with E-state index >= 15 is 0 Å². The van der Waals surface area contributed by atoms with Crippen LogP contribution in [0, 0.1) is 0 Å². The number of carbonyl (C=O) groups is 1. The minimum atomic E-state index is -0.0498. The molecule has 1 amide bonds. The van der Waals surface area contributed by atoms with Crippen LogP contribution in [0.5, 0.6) is 5.75 Å². The first-order valence-electron chi connectivity index (χ1n) is 8.51. The molecule has 0 aromatic heterocycles. The summed E-state index contributed by atoms with van der Waals surface area (Å²) in [7, 11) is 1.64. The maximum Gasteiger partial charge on any atom is 0.252 e. The number of methoxy groups -OCH3 is 1. The van der Waals surface area contributed by atoms with Gasteiger partial charge in [-0.3, -0.25) is 4.79 Å². The van der Waals surface area contributed by atoms with E-state index < -0.39 is 0 Å². The third kappa shape index (κ3) is 5.00. The van der Waals surface area contributed by atoms with Crippen molar-refractivity contribution in [2.24, 2.45) is 0 Å². The van der Waals surface area contributed by atoms with E-state index in [-0.39, 0.29) is 5.91 Å². The first-order valence-corrected chi connectivity index (χ1v) is 9.49. The first-order chi connectivity index (χ1) is 12.3. The maximum absolute atomic E-state index is 12.6. The molecule has 132 valence electrons. The number of nitrogens with one attached hydrogen (secondary N) is 1. The van der Waals surface area contributed by atoms with Crippen molar-refractivity contribution in [1.29, 1.82) is 0 Å². The Balaban J connectivity index is 1.58. The van der Waals surface area contributed by atoms with E-state index in [1.807, 2.05) is 48.5 Å². The van der Waals surface area contributed by atoms with Gasteiger partial charge < -0.3 is 14.8 Å². The summed E-state index contributed by atoms with van der Waals surface area (Å²) < 4.78 is 10.8. The second-order valence-electron chi connectivity index (χ2n) is 5.97. The average Bonchev–Trinajstić information content (AvgIpc) is 3.18. The highest BCUT2D eigenvalue weighted by Gasteiger charge is 2.17. The topological polar surface area (TPSA) is 47.6 Å². The van der Waals surface area contributed by atoms with Gasteiger partial charge in [0.15, 0.2) is 0 Å². The van der Waals surface area contributed by atoms with Gasteiger partial charge in [-0.2, -0.15) is 0 Å². The fourth-order valence-electron chi connectivity index (χ4n) is 2.76. The van der Waals surface area contributed by atoms with Crippen LogP contribution in [-0.4, -0.2) is 31.5 Å². The van der Waals surface area contributed by atoms with Crippen LogP contribution in [-0.2, 0) is 11.3 Å². The molecule has 3 rings (SSSR count). The van der Waals surface area contributed by atoms with E-state index in [1.165, 1.54) is 0 Å². The van der Waals surface area contributed by atoms with Crippen molar-refractivity contribution < 1.29 is 14.3 Å². The van der Waals surface area contributed by atoms with E-state index in [0.717, 1.165) is 47.0 Å². The van der Waals surface area contributed by atoms with Crippen LogP contribution in [0.1, 0.15) is 28.8 Å². The molecule has 1 saturated heterocycles. The van der Waals surface area contributed by atoms with Crippen LogP contribution >= 0.6 is 11.8 Å². The third-order valence-electron chi connectivity index (χ3n) is 4.19. The predicted octanol–water partition coefficient (Wildman–Crippen LogP) is 3.90. The Bertz CT molecular complexity index is 696. The Kier molecular flexibility index (Phi) is 6.36. The molecule has 0 spiro atoms. The molecule has 25 heavy (non-hydrogen) atoms. The van der Waals surface area contributed by atoms with E-state index in [2.05, 4.69) is 5.32 Å². The van der Waals surface area contributed by atoms with E-state index in [0.29, 0.717) is 12.6 Å². The molecule has 1 N–H and O–H groups in total. The summed E-state index contributed by atoms with van der Waals surface area (Å²) in [4.78, 5) is 13.6. The van der Waals surface area contributed by atoms with Crippen LogP contribution in [0.15, 0.2) is 53.4 Å². The minimum Gasteiger partial charge on any atom is -0.497 e. The van der Waals surface area contributed by atoms with Gasteiger partial charge in [0.1, 0.15) is 5.75 Å². The quantitative estimate of drug-likeness (QED) is 0.764. The number of rotatable bonds is 7. The highest BCUT2D eigenvalue weighted by molar-refractivity contribution is 7.99. The third-order valence-corrected chi connectivity index (χ3v) is 5.40. The minimum absolute atomic E-state index is 0.0498. The molecule has 0 bridgehead atoms. The molecular formula is C20H23NO3S. The van der Waals surface area contributed by atoms with Gasteiger partial charge >= 0.3 is 0 Å². The van der Waals surface area contributed by atoms with Gasteiger partial charge in [0, 0.05) is 23.8 Å². The van der Waals surface area contributed by atoms with Crippen LogP contribution in [0.25, 0.3) is 0 Å². The molecule has 1 aliphatic rings. The second kappa shape index (κ2) is 8.92. The van der Waals surface area contributed by atoms with Crippen LogP contribution < -0.4 is 10.1 Å². The van der Waals surface area contributed by atoms with Crippen molar-refractivity contribution in [3.63, 3.8) is 0 Å². The molecule has 1 aliphatic heterocycles. The van der Waals surface area contributed by atoms with Crippen molar-refractivity contribution in [3.8, 4) is 5.75 Å². The SMILES string of the molecule is COc1ccc(CNC(=O)c2ccccc2SC[C@@H]2CCCO2)cc1. The zero-order valence-electron chi connectivity index (χ0n) is 14.4. The normalized spacial score (nSPS) is 16.6. The summed E-state index contributed by atoms with van der Waals surface area (Å²) in [6.07, 6.45) is 2.55. The van der Waals surface area contributed by atoms with Crippen LogP contribution in [0.4, 0.5) is 0 Å². The maximum atomic E-state index is 12.6. The van der Waals surface area contributed by atoms with Gasteiger partial charge in [0.2, 0.25) is 0 Å². The lowest BCUT2D eigenvalue weighted by Gasteiger charge is -2.12. The Morgan fingerprint density at radius 2 is 2.04 bits per heavy atom. The van der Waals surface area contributed by atoms with Gasteiger partial charge in [-0.25, -0.2) is 0 Å². The Hall–Kier alpha value is -1.98. The van der Waals surface area contributed by atoms with Crippen LogP contribution in [0.2, 0.25) is 0 Å². The summed E-state index contributed by atoms with van der Waals surface area (Å²) in [6.45, 7) is 1.35. The molecule has 0 unspecified atom stereocenters. The summed E-state index contributed by atoms with van der Waals surface area (Å²) in [5.74, 6) is 1.65. The highest BCUT2D eigenvalue weighted by atomic mass is 32.2. The van der Waals surface area contributed by atoms with Gasteiger partial charge in [-0.05, 0) is 42.7 Å². The molecule has 1 atom stereocenters. The molecule has 0 saturated carbocycles. The number of hydrogen-bond acceptors (Lipinski definition) is 4. The molecule has 1 fully saturated rings. The van der Waals surface area contributed by atoms with Crippen molar-refractivity contribution >= 4 is 17.7 Å². The van der Waals surface area contributed by atoms with Crippen molar-refractivity contribution in [3.05, 3.63) is 59.7 Å². The summed E-state index contributed by atoms with van der Waals surface area (Å²) in [5, 5.41) is 3.00. The Morgan fingerprint density at radius 3 is 2.76 bits per heavy atom. The monoisotopic (exact) mass is 357 g/mol. The number of benzene rings is 2. The van der Waals surface area contributed by atoms with Crippen molar-refractivity contribution in [2.75, 3.05) is 19.5 Å². The molecule has 2 aromatic carbocycles. The number of carbonyl (C=O) groups excluding carboxylic acids is 1. The zero-order valence-corrected chi connectivity index (χ0v) is 15.2. The largest absolute Gasteiger partial charge is 0.497 e. The molecule has 0 aliphatic carbocycles. The Morgan fingerprint density at radius 1 is 1.24 bits per heavy atom. The Labute approximate surface area is 152 Å². The molecule has 4 nitrogen and oxygen atoms in total. The molecule has 5 heteroatoms. The van der Waals surface area contributed by atoms with E-state index in [4.69, 9.17) is 9.47 Å². The molecule has 0 radical (unpaired) electrons. The number of amides is 1. The summed E-state index contributed by atoms with van der Waals surface area (Å²) in [6, 6.07) is 15.5. The van der Waals surface area contributed by atoms with E-state index in [9.17, 15) is 4.79 Å². The lowest BCUT2D eigenvalue weighted by molar-refractivity contribution is 0.0948. The van der Waals surface area contributed by atoms with Gasteiger partial charge in [-0.1, -0.05) is 24.3 Å². The fourth-order valence-corrected chi connectivity index (χ4v) is 3.88. The standard InChI is InChI=1S/C20H23NO3S/c1-23-16-10-8-15(9-11-16)13-21-20(22)18-6-2-3-7-19(18)25-14-17-5-4-12-24-17/h2-3,6-11,17H,4-5,12-14H2,1H3,(H,21,22)/t17-/m0/s1. The summed E-state index contributed by atoms with van der Waals surface area (Å²) in [5.41, 5.74) is 1.76. The lowest BCUT2D eigenvalue weighted by Crippen LogP contribution is -2.23. The molecule has 1 heterocycles. The molecular weight excluding hydrogens is 334 g/mol. The van der Waals surface area contributed by atoms with Gasteiger partial charge in [0.25, 0.3) is 5.91 Å². The lowest BCUT2D eigenvalue weighted by atomic mass is 10.2. The summed E-state index contributed by atoms with van der Waals surface area (Å²) >= 11 is 1.70. The fraction of sp³-hybridized carbons (Fsp3) is 0.350. The van der Waals surface area contributed by atoms with Gasteiger partial charge in [-0.15, -0.1) is 11.8 Å². The average molecular weight is 357 g/mol. The smallest absolute Gasteiger partial charge is 0.252 e. The van der Waals surface area contributed by atoms with Crippen molar-refractivity contribution in [1.82, 2.24) is 5.32 Å². The predicted molar refractivity (Wildman–Crippen MR) is 100 cm³/mol.